The fourth-order valence-corrected chi connectivity index (χ4v) is 5.13. The van der Waals surface area contributed by atoms with E-state index in [-0.39, 0.29) is 12.3 Å². The summed E-state index contributed by atoms with van der Waals surface area (Å²) in [5.41, 5.74) is 8.40. The minimum Gasteiger partial charge on any atom is -0.487 e. The van der Waals surface area contributed by atoms with Crippen LogP contribution in [-0.4, -0.2) is 22.1 Å². The van der Waals surface area contributed by atoms with Gasteiger partial charge in [0.1, 0.15) is 22.4 Å². The van der Waals surface area contributed by atoms with Crippen molar-refractivity contribution in [2.75, 3.05) is 0 Å². The summed E-state index contributed by atoms with van der Waals surface area (Å²) in [5, 5.41) is 9.88. The van der Waals surface area contributed by atoms with E-state index in [1.54, 1.807) is 17.6 Å². The molecule has 3 aromatic carbocycles. The lowest BCUT2D eigenvalue weighted by Crippen LogP contribution is -2.19. The van der Waals surface area contributed by atoms with Crippen LogP contribution in [0.3, 0.4) is 0 Å². The van der Waals surface area contributed by atoms with Crippen LogP contribution >= 0.6 is 22.7 Å². The molecular formula is C29H24N4O2S2. The number of benzene rings is 3. The molecular weight excluding hydrogens is 500 g/mol. The number of thiazole rings is 2. The molecule has 5 rings (SSSR count). The first kappa shape index (κ1) is 24.5. The van der Waals surface area contributed by atoms with Gasteiger partial charge < -0.3 is 4.74 Å². The first-order valence-electron chi connectivity index (χ1n) is 11.7. The molecule has 1 amide bonds. The van der Waals surface area contributed by atoms with Gasteiger partial charge in [0.2, 0.25) is 5.91 Å². The molecule has 0 fully saturated rings. The first-order chi connectivity index (χ1) is 18.1. The maximum absolute atomic E-state index is 12.3. The molecule has 2 heterocycles. The van der Waals surface area contributed by atoms with E-state index < -0.39 is 0 Å². The Balaban J connectivity index is 1.08. The van der Waals surface area contributed by atoms with Crippen molar-refractivity contribution in [3.8, 4) is 26.9 Å². The number of aromatic nitrogens is 2. The third-order valence-corrected chi connectivity index (χ3v) is 7.31. The Labute approximate surface area is 223 Å². The topological polar surface area (TPSA) is 76.5 Å². The van der Waals surface area contributed by atoms with Crippen LogP contribution in [-0.2, 0) is 17.8 Å². The molecule has 0 bridgehead atoms. The van der Waals surface area contributed by atoms with Crippen molar-refractivity contribution >= 4 is 34.8 Å². The quantitative estimate of drug-likeness (QED) is 0.176. The highest BCUT2D eigenvalue weighted by Gasteiger charge is 2.09. The number of aryl methyl sites for hydroxylation is 1. The molecule has 0 aliphatic carbocycles. The van der Waals surface area contributed by atoms with Gasteiger partial charge in [0.25, 0.3) is 0 Å². The third kappa shape index (κ3) is 6.75. The van der Waals surface area contributed by atoms with Crippen LogP contribution in [0.5, 0.6) is 5.75 Å². The number of rotatable bonds is 9. The van der Waals surface area contributed by atoms with E-state index in [0.717, 1.165) is 43.8 Å². The minimum atomic E-state index is -0.213. The number of hydrogen-bond donors (Lipinski definition) is 1. The number of nitrogens with one attached hydrogen (secondary N) is 1. The lowest BCUT2D eigenvalue weighted by molar-refractivity contribution is -0.120. The third-order valence-electron chi connectivity index (χ3n) is 5.43. The van der Waals surface area contributed by atoms with Gasteiger partial charge in [-0.2, -0.15) is 5.10 Å². The Morgan fingerprint density at radius 3 is 2.24 bits per heavy atom. The first-order valence-corrected chi connectivity index (χ1v) is 13.4. The molecule has 0 radical (unpaired) electrons. The molecule has 0 unspecified atom stereocenters. The number of carbonyl (C=O) groups excluding carboxylic acids is 1. The van der Waals surface area contributed by atoms with E-state index in [0.29, 0.717) is 6.61 Å². The van der Waals surface area contributed by atoms with Crippen molar-refractivity contribution < 1.29 is 9.53 Å². The zero-order valence-corrected chi connectivity index (χ0v) is 21.8. The van der Waals surface area contributed by atoms with Gasteiger partial charge in [-0.1, -0.05) is 60.2 Å². The number of amides is 1. The van der Waals surface area contributed by atoms with Crippen LogP contribution in [0.4, 0.5) is 0 Å². The van der Waals surface area contributed by atoms with E-state index in [9.17, 15) is 4.79 Å². The van der Waals surface area contributed by atoms with Gasteiger partial charge >= 0.3 is 0 Å². The van der Waals surface area contributed by atoms with Crippen molar-refractivity contribution in [2.45, 2.75) is 20.0 Å². The highest BCUT2D eigenvalue weighted by Crippen LogP contribution is 2.25. The van der Waals surface area contributed by atoms with Crippen molar-refractivity contribution in [3.05, 3.63) is 112 Å². The molecule has 37 heavy (non-hydrogen) atoms. The summed E-state index contributed by atoms with van der Waals surface area (Å²) in [4.78, 5) is 21.5. The van der Waals surface area contributed by atoms with Crippen molar-refractivity contribution in [1.29, 1.82) is 0 Å². The summed E-state index contributed by atoms with van der Waals surface area (Å²) in [5.74, 6) is 0.526. The van der Waals surface area contributed by atoms with Crippen LogP contribution < -0.4 is 10.2 Å². The van der Waals surface area contributed by atoms with Gasteiger partial charge in [-0.15, -0.1) is 22.7 Å². The van der Waals surface area contributed by atoms with Crippen LogP contribution in [0.2, 0.25) is 0 Å². The Kier molecular flexibility index (Phi) is 7.78. The molecule has 2 aromatic heterocycles. The summed E-state index contributed by atoms with van der Waals surface area (Å²) >= 11 is 3.14. The molecule has 0 spiro atoms. The average molecular weight is 525 g/mol. The second kappa shape index (κ2) is 11.7. The smallest absolute Gasteiger partial charge is 0.246 e. The van der Waals surface area contributed by atoms with Gasteiger partial charge in [-0.25, -0.2) is 15.4 Å². The van der Waals surface area contributed by atoms with Gasteiger partial charge in [0, 0.05) is 21.9 Å². The minimum absolute atomic E-state index is 0.176. The SMILES string of the molecule is Cc1ccc(-c2nc(CC(=O)N/N=C\c3ccc(OCc4csc(-c5ccccc5)n4)cc3)cs2)cc1. The fraction of sp³-hybridized carbons (Fsp3) is 0.103. The lowest BCUT2D eigenvalue weighted by atomic mass is 10.2. The summed E-state index contributed by atoms with van der Waals surface area (Å²) in [6.45, 7) is 2.45. The molecule has 0 saturated carbocycles. The Morgan fingerprint density at radius 2 is 1.51 bits per heavy atom. The molecule has 0 saturated heterocycles. The second-order valence-electron chi connectivity index (χ2n) is 8.35. The van der Waals surface area contributed by atoms with Gasteiger partial charge in [0.05, 0.1) is 24.0 Å². The molecule has 6 nitrogen and oxygen atoms in total. The monoisotopic (exact) mass is 524 g/mol. The van der Waals surface area contributed by atoms with E-state index in [1.807, 2.05) is 77.5 Å². The summed E-state index contributed by atoms with van der Waals surface area (Å²) in [6, 6.07) is 25.8. The van der Waals surface area contributed by atoms with Crippen LogP contribution in [0.25, 0.3) is 21.1 Å². The molecule has 0 atom stereocenters. The predicted molar refractivity (Wildman–Crippen MR) is 150 cm³/mol. The Bertz CT molecular complexity index is 1490. The van der Waals surface area contributed by atoms with E-state index >= 15 is 0 Å². The van der Waals surface area contributed by atoms with Gasteiger partial charge in [-0.05, 0) is 36.8 Å². The van der Waals surface area contributed by atoms with Crippen LogP contribution in [0.15, 0.2) is 94.7 Å². The number of carbonyl (C=O) groups is 1. The summed E-state index contributed by atoms with van der Waals surface area (Å²) in [7, 11) is 0. The molecule has 5 aromatic rings. The second-order valence-corrected chi connectivity index (χ2v) is 10.1. The van der Waals surface area contributed by atoms with E-state index in [2.05, 4.69) is 39.6 Å². The Morgan fingerprint density at radius 1 is 0.865 bits per heavy atom. The predicted octanol–water partition coefficient (Wildman–Crippen LogP) is 6.51. The summed E-state index contributed by atoms with van der Waals surface area (Å²) < 4.78 is 5.87. The summed E-state index contributed by atoms with van der Waals surface area (Å²) in [6.07, 6.45) is 1.78. The van der Waals surface area contributed by atoms with Gasteiger partial charge in [0.15, 0.2) is 0 Å². The van der Waals surface area contributed by atoms with Crippen molar-refractivity contribution in [1.82, 2.24) is 15.4 Å². The number of nitrogens with zero attached hydrogens (tertiary/aromatic N) is 3. The average Bonchev–Trinajstić information content (AvgIpc) is 3.59. The van der Waals surface area contributed by atoms with Crippen LogP contribution in [0.1, 0.15) is 22.5 Å². The number of hydrogen-bond acceptors (Lipinski definition) is 7. The maximum atomic E-state index is 12.3. The lowest BCUT2D eigenvalue weighted by Gasteiger charge is -2.04. The molecule has 184 valence electrons. The van der Waals surface area contributed by atoms with Crippen molar-refractivity contribution in [2.24, 2.45) is 5.10 Å². The molecule has 0 aliphatic heterocycles. The molecule has 1 N–H and O–H groups in total. The van der Waals surface area contributed by atoms with E-state index in [1.165, 1.54) is 16.9 Å². The number of hydrazone groups is 1. The fourth-order valence-electron chi connectivity index (χ4n) is 3.49. The standard InChI is InChI=1S/C29H24N4O2S2/c1-20-7-11-23(12-8-20)29-31-24(18-36-29)15-27(34)33-30-16-21-9-13-26(14-10-21)35-17-25-19-37-28(32-25)22-5-3-2-4-6-22/h2-14,16,18-19H,15,17H2,1H3,(H,33,34)/b30-16-. The zero-order valence-electron chi connectivity index (χ0n) is 20.1. The molecule has 0 aliphatic rings. The van der Waals surface area contributed by atoms with Crippen molar-refractivity contribution in [3.63, 3.8) is 0 Å². The highest BCUT2D eigenvalue weighted by molar-refractivity contribution is 7.13. The van der Waals surface area contributed by atoms with E-state index in [4.69, 9.17) is 4.74 Å². The van der Waals surface area contributed by atoms with Crippen LogP contribution in [0, 0.1) is 6.92 Å². The number of ether oxygens (including phenoxy) is 1. The highest BCUT2D eigenvalue weighted by atomic mass is 32.1. The normalized spacial score (nSPS) is 11.1. The maximum Gasteiger partial charge on any atom is 0.246 e. The largest absolute Gasteiger partial charge is 0.487 e. The van der Waals surface area contributed by atoms with Gasteiger partial charge in [-0.3, -0.25) is 4.79 Å². The zero-order chi connectivity index (χ0) is 25.5. The Hall–Kier alpha value is -4.14. The molecule has 8 heteroatoms.